The molecule has 0 aromatic heterocycles. The average molecular weight is 632 g/mol. The van der Waals surface area contributed by atoms with Crippen molar-refractivity contribution in [1.29, 1.82) is 0 Å². The molecule has 0 saturated carbocycles. The van der Waals surface area contributed by atoms with E-state index in [1.807, 2.05) is 72.8 Å². The Bertz CT molecular complexity index is 1540. The molecule has 8 nitrogen and oxygen atoms in total. The number of nitrogens with zero attached hydrogens (tertiary/aromatic N) is 1. The second kappa shape index (κ2) is 13.3. The number of hydrogen-bond acceptors (Lipinski definition) is 7. The number of rotatable bonds is 10. The van der Waals surface area contributed by atoms with Crippen molar-refractivity contribution >= 4 is 30.9 Å². The van der Waals surface area contributed by atoms with Gasteiger partial charge in [-0.1, -0.05) is 93.6 Å². The van der Waals surface area contributed by atoms with Crippen LogP contribution in [-0.2, 0) is 41.4 Å². The van der Waals surface area contributed by atoms with E-state index in [4.69, 9.17) is 18.6 Å². The highest BCUT2D eigenvalue weighted by Crippen LogP contribution is 2.41. The number of aliphatic hydroxyl groups is 1. The molecule has 1 N–H and O–H groups in total. The van der Waals surface area contributed by atoms with Crippen LogP contribution < -0.4 is 0 Å². The van der Waals surface area contributed by atoms with E-state index in [1.54, 1.807) is 13.8 Å². The third-order valence-corrected chi connectivity index (χ3v) is 13.9. The molecule has 2 amide bonds. The Hall–Kier alpha value is -3.18. The lowest BCUT2D eigenvalue weighted by Crippen LogP contribution is -2.68. The molecule has 0 aliphatic carbocycles. The second-order valence-corrected chi connectivity index (χ2v) is 18.3. The van der Waals surface area contributed by atoms with E-state index in [2.05, 4.69) is 33.9 Å². The zero-order chi connectivity index (χ0) is 32.5. The first-order chi connectivity index (χ1) is 21.3. The minimum atomic E-state index is -2.52. The Morgan fingerprint density at radius 3 is 2.16 bits per heavy atom. The van der Waals surface area contributed by atoms with E-state index >= 15 is 0 Å². The predicted molar refractivity (Wildman–Crippen MR) is 176 cm³/mol. The molecule has 1 saturated heterocycles. The van der Waals surface area contributed by atoms with Gasteiger partial charge in [0.15, 0.2) is 14.6 Å². The van der Waals surface area contributed by atoms with Gasteiger partial charge in [0.1, 0.15) is 24.4 Å². The molecule has 2 heterocycles. The Balaban J connectivity index is 1.51. The minimum absolute atomic E-state index is 0.0620. The van der Waals surface area contributed by atoms with Gasteiger partial charge in [0, 0.05) is 11.1 Å². The molecule has 3 aromatic carbocycles. The number of aliphatic hydroxyl groups excluding tert-OH is 1. The first-order valence-corrected chi connectivity index (χ1v) is 18.5. The van der Waals surface area contributed by atoms with Gasteiger partial charge < -0.3 is 23.7 Å². The average Bonchev–Trinajstić information content (AvgIpc) is 3.19. The summed E-state index contributed by atoms with van der Waals surface area (Å²) in [5.74, 6) is -0.862. The molecule has 240 valence electrons. The number of carbonyl (C=O) groups is 2. The van der Waals surface area contributed by atoms with E-state index in [9.17, 15) is 14.7 Å². The summed E-state index contributed by atoms with van der Waals surface area (Å²) in [5.41, 5.74) is 2.64. The Morgan fingerprint density at radius 1 is 0.867 bits per heavy atom. The summed E-state index contributed by atoms with van der Waals surface area (Å²) in [6, 6.07) is 22.7. The highest BCUT2D eigenvalue weighted by molar-refractivity contribution is 6.74. The maximum Gasteiger partial charge on any atom is 0.257 e. The normalized spacial score (nSPS) is 24.6. The van der Waals surface area contributed by atoms with Gasteiger partial charge >= 0.3 is 0 Å². The van der Waals surface area contributed by atoms with Crippen LogP contribution in [0.25, 0.3) is 10.8 Å². The van der Waals surface area contributed by atoms with Crippen LogP contribution in [0.5, 0.6) is 0 Å². The van der Waals surface area contributed by atoms with Crippen LogP contribution in [0.1, 0.15) is 45.7 Å². The summed E-state index contributed by atoms with van der Waals surface area (Å²) in [6.07, 6.45) is -4.10. The molecular weight excluding hydrogens is 586 g/mol. The largest absolute Gasteiger partial charge is 0.391 e. The van der Waals surface area contributed by atoms with Crippen LogP contribution in [0.15, 0.2) is 83.9 Å². The van der Waals surface area contributed by atoms with E-state index in [1.165, 1.54) is 4.90 Å². The number of benzene rings is 3. The van der Waals surface area contributed by atoms with Gasteiger partial charge in [-0.15, -0.1) is 0 Å². The SMILES string of the molecule is CC1=C(C)C(=O)N([C@H]2[C@H](O[Si](C)(C)C(C)(C)C)O[C@H](COCc3ccccc3)[C@@H](O)[C@@H]2OCc2cccc3ccccc23)C1=O. The van der Waals surface area contributed by atoms with Gasteiger partial charge in [-0.05, 0) is 53.9 Å². The van der Waals surface area contributed by atoms with Crippen molar-refractivity contribution in [2.75, 3.05) is 6.61 Å². The zero-order valence-corrected chi connectivity index (χ0v) is 28.3. The summed E-state index contributed by atoms with van der Waals surface area (Å²) in [6.45, 7) is 14.3. The second-order valence-electron chi connectivity index (χ2n) is 13.5. The maximum atomic E-state index is 13.6. The lowest BCUT2D eigenvalue weighted by molar-refractivity contribution is -0.274. The Kier molecular flexibility index (Phi) is 9.79. The summed E-state index contributed by atoms with van der Waals surface area (Å²) in [7, 11) is -2.52. The first-order valence-electron chi connectivity index (χ1n) is 15.6. The van der Waals surface area contributed by atoms with Crippen molar-refractivity contribution in [3.8, 4) is 0 Å². The van der Waals surface area contributed by atoms with Crippen molar-refractivity contribution in [3.63, 3.8) is 0 Å². The van der Waals surface area contributed by atoms with Crippen LogP contribution in [0.2, 0.25) is 18.1 Å². The number of fused-ring (bicyclic) bond motifs is 1. The monoisotopic (exact) mass is 631 g/mol. The first kappa shape index (κ1) is 33.2. The van der Waals surface area contributed by atoms with Crippen LogP contribution in [0, 0.1) is 0 Å². The smallest absolute Gasteiger partial charge is 0.257 e. The van der Waals surface area contributed by atoms with Crippen LogP contribution in [-0.4, -0.2) is 67.4 Å². The number of hydrogen-bond donors (Lipinski definition) is 1. The fraction of sp³-hybridized carbons (Fsp3) is 0.444. The Labute approximate surface area is 267 Å². The summed E-state index contributed by atoms with van der Waals surface area (Å²) in [5, 5.41) is 13.8. The van der Waals surface area contributed by atoms with Gasteiger partial charge in [-0.2, -0.15) is 0 Å². The topological polar surface area (TPSA) is 94.5 Å². The van der Waals surface area contributed by atoms with Crippen molar-refractivity contribution in [1.82, 2.24) is 4.90 Å². The fourth-order valence-corrected chi connectivity index (χ4v) is 6.72. The van der Waals surface area contributed by atoms with E-state index in [-0.39, 0.29) is 18.3 Å². The molecule has 5 atom stereocenters. The quantitative estimate of drug-likeness (QED) is 0.213. The molecule has 0 bridgehead atoms. The lowest BCUT2D eigenvalue weighted by Gasteiger charge is -2.50. The molecule has 1 fully saturated rings. The Morgan fingerprint density at radius 2 is 1.49 bits per heavy atom. The van der Waals surface area contributed by atoms with Gasteiger partial charge in [0.25, 0.3) is 11.8 Å². The number of imide groups is 1. The summed E-state index contributed by atoms with van der Waals surface area (Å²) >= 11 is 0. The minimum Gasteiger partial charge on any atom is -0.391 e. The van der Waals surface area contributed by atoms with Gasteiger partial charge in [0.2, 0.25) is 0 Å². The molecule has 2 aliphatic heterocycles. The molecule has 9 heteroatoms. The zero-order valence-electron chi connectivity index (χ0n) is 27.3. The molecule has 0 spiro atoms. The number of carbonyl (C=O) groups excluding carboxylic acids is 2. The summed E-state index contributed by atoms with van der Waals surface area (Å²) in [4.78, 5) is 28.4. The van der Waals surface area contributed by atoms with E-state index in [0.717, 1.165) is 21.9 Å². The predicted octanol–water partition coefficient (Wildman–Crippen LogP) is 6.12. The molecule has 5 rings (SSSR count). The van der Waals surface area contributed by atoms with Crippen molar-refractivity contribution in [2.45, 2.75) is 96.6 Å². The highest BCUT2D eigenvalue weighted by atomic mass is 28.4. The summed E-state index contributed by atoms with van der Waals surface area (Å²) < 4.78 is 26.0. The highest BCUT2D eigenvalue weighted by Gasteiger charge is 2.56. The van der Waals surface area contributed by atoms with Crippen LogP contribution >= 0.6 is 0 Å². The molecular formula is C36H45NO7Si. The number of ether oxygens (including phenoxy) is 3. The van der Waals surface area contributed by atoms with Crippen molar-refractivity contribution in [3.05, 3.63) is 95.1 Å². The van der Waals surface area contributed by atoms with Crippen molar-refractivity contribution in [2.24, 2.45) is 0 Å². The maximum absolute atomic E-state index is 13.6. The standard InChI is InChI=1S/C36H45NO7Si/c1-23-24(2)34(40)37(33(23)39)30-32(42-21-27-18-13-17-26-16-11-12-19-28(26)27)31(38)29(22-41-20-25-14-9-8-10-15-25)43-35(30)44-45(6,7)36(3,4)5/h8-19,29-32,35,38H,20-22H2,1-7H3/t29-,30-,31-,32-,35+/m1/s1. The van der Waals surface area contributed by atoms with Crippen LogP contribution in [0.3, 0.4) is 0 Å². The van der Waals surface area contributed by atoms with Crippen LogP contribution in [0.4, 0.5) is 0 Å². The molecule has 0 radical (unpaired) electrons. The lowest BCUT2D eigenvalue weighted by atomic mass is 9.95. The van der Waals surface area contributed by atoms with Gasteiger partial charge in [0.05, 0.1) is 19.8 Å². The third kappa shape index (κ3) is 6.84. The fourth-order valence-electron chi connectivity index (χ4n) is 5.59. The van der Waals surface area contributed by atoms with Gasteiger partial charge in [-0.3, -0.25) is 14.5 Å². The molecule has 0 unspecified atom stereocenters. The van der Waals surface area contributed by atoms with E-state index in [0.29, 0.717) is 17.8 Å². The number of amides is 2. The molecule has 2 aliphatic rings. The van der Waals surface area contributed by atoms with Crippen molar-refractivity contribution < 1.29 is 33.3 Å². The molecule has 45 heavy (non-hydrogen) atoms. The van der Waals surface area contributed by atoms with Gasteiger partial charge in [-0.25, -0.2) is 0 Å². The molecule has 3 aromatic rings. The third-order valence-electron chi connectivity index (χ3n) is 9.50. The van der Waals surface area contributed by atoms with E-state index < -0.39 is 50.8 Å².